The highest BCUT2D eigenvalue weighted by molar-refractivity contribution is 7.79. The molecule has 6 nitrogen and oxygen atoms in total. The van der Waals surface area contributed by atoms with E-state index >= 15 is 0 Å². The lowest BCUT2D eigenvalue weighted by Gasteiger charge is -2.30. The molecule has 0 saturated heterocycles. The maximum Gasteiger partial charge on any atom is 0.344 e. The zero-order chi connectivity index (χ0) is 25.9. The largest absolute Gasteiger partial charge is 0.750 e. The van der Waals surface area contributed by atoms with Crippen LogP contribution in [0.3, 0.4) is 0 Å². The van der Waals surface area contributed by atoms with Gasteiger partial charge in [-0.25, -0.2) is 9.00 Å². The second-order valence-electron chi connectivity index (χ2n) is 9.76. The molecule has 0 spiro atoms. The van der Waals surface area contributed by atoms with Gasteiger partial charge in [-0.3, -0.25) is 4.18 Å². The van der Waals surface area contributed by atoms with Gasteiger partial charge in [-0.2, -0.15) is 0 Å². The highest BCUT2D eigenvalue weighted by atomic mass is 32.2. The fourth-order valence-electron chi connectivity index (χ4n) is 5.78. The van der Waals surface area contributed by atoms with Gasteiger partial charge in [0.25, 0.3) is 0 Å². The summed E-state index contributed by atoms with van der Waals surface area (Å²) in [6, 6.07) is 25.3. The summed E-state index contributed by atoms with van der Waals surface area (Å²) in [5.74, 6) is 0.406. The molecule has 0 amide bonds. The van der Waals surface area contributed by atoms with Crippen molar-refractivity contribution in [3.8, 4) is 5.75 Å². The van der Waals surface area contributed by atoms with E-state index in [0.29, 0.717) is 5.75 Å². The highest BCUT2D eigenvalue weighted by Gasteiger charge is 2.51. The Bertz CT molecular complexity index is 1210. The second-order valence-corrected chi connectivity index (χ2v) is 12.6. The quantitative estimate of drug-likeness (QED) is 0.233. The molecule has 2 aliphatic rings. The minimum absolute atomic E-state index is 0.114. The minimum atomic E-state index is -2.64. The predicted molar refractivity (Wildman–Crippen MR) is 145 cm³/mol. The molecule has 2 saturated carbocycles. The highest BCUT2D eigenvalue weighted by Crippen LogP contribution is 2.47. The van der Waals surface area contributed by atoms with E-state index < -0.39 is 37.5 Å². The number of aryl methyl sites for hydroxylation is 2. The smallest absolute Gasteiger partial charge is 0.344 e. The SMILES string of the molecule is Cc1cc(P(c2ccccc2)c2ccccc2)cc(C)c1OCC(=O)OC1C2CCC(C2)C1OS(=O)[O-]. The lowest BCUT2D eigenvalue weighted by molar-refractivity contribution is -0.159. The number of carbonyl (C=O) groups excluding carboxylic acids is 1. The third kappa shape index (κ3) is 5.80. The molecule has 0 N–H and O–H groups in total. The van der Waals surface area contributed by atoms with Gasteiger partial charge >= 0.3 is 5.97 Å². The average Bonchev–Trinajstić information content (AvgIpc) is 3.47. The minimum Gasteiger partial charge on any atom is -0.750 e. The Morgan fingerprint density at radius 3 is 1.97 bits per heavy atom. The van der Waals surface area contributed by atoms with Gasteiger partial charge in [0, 0.05) is 0 Å². The van der Waals surface area contributed by atoms with Crippen LogP contribution in [-0.4, -0.2) is 33.5 Å². The number of fused-ring (bicyclic) bond motifs is 2. The van der Waals surface area contributed by atoms with Crippen LogP contribution in [0.2, 0.25) is 0 Å². The van der Waals surface area contributed by atoms with E-state index in [0.717, 1.165) is 30.4 Å². The third-order valence-corrected chi connectivity index (χ3v) is 10.1. The zero-order valence-corrected chi connectivity index (χ0v) is 22.6. The van der Waals surface area contributed by atoms with Gasteiger partial charge < -0.3 is 14.0 Å². The first kappa shape index (κ1) is 26.1. The van der Waals surface area contributed by atoms with Crippen LogP contribution in [0.1, 0.15) is 30.4 Å². The van der Waals surface area contributed by atoms with Gasteiger partial charge in [-0.15, -0.1) is 0 Å². The van der Waals surface area contributed by atoms with Gasteiger partial charge in [-0.1, -0.05) is 60.7 Å². The van der Waals surface area contributed by atoms with Gasteiger partial charge in [0.05, 0.1) is 11.4 Å². The van der Waals surface area contributed by atoms with Crippen molar-refractivity contribution in [3.05, 3.63) is 83.9 Å². The number of esters is 1. The molecule has 8 heteroatoms. The Morgan fingerprint density at radius 1 is 0.892 bits per heavy atom. The Morgan fingerprint density at radius 2 is 1.43 bits per heavy atom. The topological polar surface area (TPSA) is 84.9 Å². The van der Waals surface area contributed by atoms with Gasteiger partial charge in [0.1, 0.15) is 18.0 Å². The molecule has 5 rings (SSSR count). The summed E-state index contributed by atoms with van der Waals surface area (Å²) in [7, 11) is -0.749. The second kappa shape index (κ2) is 11.4. The fraction of sp³-hybridized carbons (Fsp3) is 0.345. The summed E-state index contributed by atoms with van der Waals surface area (Å²) in [5, 5.41) is 3.74. The maximum absolute atomic E-state index is 12.7. The summed E-state index contributed by atoms with van der Waals surface area (Å²) in [4.78, 5) is 12.7. The van der Waals surface area contributed by atoms with Crippen LogP contribution in [0.4, 0.5) is 0 Å². The molecular weight excluding hydrogens is 507 g/mol. The van der Waals surface area contributed by atoms with E-state index in [9.17, 15) is 13.6 Å². The van der Waals surface area contributed by atoms with Crippen molar-refractivity contribution in [3.63, 3.8) is 0 Å². The fourth-order valence-corrected chi connectivity index (χ4v) is 8.70. The monoisotopic (exact) mass is 537 g/mol. The number of ether oxygens (including phenoxy) is 2. The molecule has 3 aromatic carbocycles. The molecule has 2 bridgehead atoms. The summed E-state index contributed by atoms with van der Waals surface area (Å²) < 4.78 is 38.9. The van der Waals surface area contributed by atoms with Crippen LogP contribution < -0.4 is 20.7 Å². The number of benzene rings is 3. The third-order valence-electron chi connectivity index (χ3n) is 7.29. The molecule has 194 valence electrons. The summed E-state index contributed by atoms with van der Waals surface area (Å²) in [6.07, 6.45) is 1.50. The summed E-state index contributed by atoms with van der Waals surface area (Å²) in [5.41, 5.74) is 1.90. The summed E-state index contributed by atoms with van der Waals surface area (Å²) >= 11 is -2.64. The van der Waals surface area contributed by atoms with E-state index in [2.05, 4.69) is 60.7 Å². The standard InChI is InChI=1S/C29H31O6PS/c1-19-15-25(36(23-9-5-3-6-10-23)24-11-7-4-8-12-24)16-20(2)27(19)33-18-26(30)34-28-21-13-14-22(17-21)29(28)35-37(31)32/h3-12,15-16,21-22,28-29H,13-14,17-18H2,1-2H3,(H,31,32)/p-1. The number of hydrogen-bond donors (Lipinski definition) is 0. The Labute approximate surface area is 221 Å². The molecule has 37 heavy (non-hydrogen) atoms. The van der Waals surface area contributed by atoms with Gasteiger partial charge in [-0.05, 0) is 92.0 Å². The van der Waals surface area contributed by atoms with Crippen molar-refractivity contribution >= 4 is 41.2 Å². The molecule has 0 aliphatic heterocycles. The van der Waals surface area contributed by atoms with Crippen molar-refractivity contribution in [1.29, 1.82) is 0 Å². The van der Waals surface area contributed by atoms with Crippen LogP contribution >= 0.6 is 7.92 Å². The predicted octanol–water partition coefficient (Wildman–Crippen LogP) is 3.96. The lowest BCUT2D eigenvalue weighted by Crippen LogP contribution is -2.39. The molecule has 0 heterocycles. The molecule has 0 radical (unpaired) electrons. The normalized spacial score (nSPS) is 23.2. The average molecular weight is 538 g/mol. The van der Waals surface area contributed by atoms with Crippen molar-refractivity contribution in [2.24, 2.45) is 11.8 Å². The number of rotatable bonds is 9. The van der Waals surface area contributed by atoms with Crippen LogP contribution in [0.25, 0.3) is 0 Å². The van der Waals surface area contributed by atoms with Crippen LogP contribution in [-0.2, 0) is 25.1 Å². The van der Waals surface area contributed by atoms with Crippen LogP contribution in [0, 0.1) is 25.7 Å². The first-order chi connectivity index (χ1) is 17.9. The van der Waals surface area contributed by atoms with E-state index in [1.165, 1.54) is 15.9 Å². The molecule has 0 aromatic heterocycles. The number of carbonyl (C=O) groups is 1. The first-order valence-corrected chi connectivity index (χ1v) is 14.8. The van der Waals surface area contributed by atoms with E-state index in [1.54, 1.807) is 0 Å². The van der Waals surface area contributed by atoms with Gasteiger partial charge in [0.2, 0.25) is 0 Å². The van der Waals surface area contributed by atoms with Crippen LogP contribution in [0.15, 0.2) is 72.8 Å². The van der Waals surface area contributed by atoms with Crippen molar-refractivity contribution in [2.75, 3.05) is 6.61 Å². The van der Waals surface area contributed by atoms with Crippen molar-refractivity contribution < 1.29 is 27.2 Å². The van der Waals surface area contributed by atoms with Crippen molar-refractivity contribution in [1.82, 2.24) is 0 Å². The number of hydrogen-bond acceptors (Lipinski definition) is 6. The van der Waals surface area contributed by atoms with E-state index in [-0.39, 0.29) is 18.4 Å². The molecule has 5 atom stereocenters. The van der Waals surface area contributed by atoms with Crippen LogP contribution in [0.5, 0.6) is 5.75 Å². The van der Waals surface area contributed by atoms with E-state index in [4.69, 9.17) is 13.7 Å². The molecule has 2 aliphatic carbocycles. The Balaban J connectivity index is 1.31. The van der Waals surface area contributed by atoms with Crippen molar-refractivity contribution in [2.45, 2.75) is 45.3 Å². The zero-order valence-electron chi connectivity index (χ0n) is 20.9. The molecule has 5 unspecified atom stereocenters. The van der Waals surface area contributed by atoms with Gasteiger partial charge in [0.15, 0.2) is 6.61 Å². The lowest BCUT2D eigenvalue weighted by atomic mass is 9.95. The van der Waals surface area contributed by atoms with E-state index in [1.807, 2.05) is 26.0 Å². The summed E-state index contributed by atoms with van der Waals surface area (Å²) in [6.45, 7) is 3.74. The molecule has 3 aromatic rings. The Hall–Kier alpha value is -2.57. The maximum atomic E-state index is 12.7. The first-order valence-electron chi connectivity index (χ1n) is 12.5. The Kier molecular flexibility index (Phi) is 8.06. The molecule has 2 fully saturated rings. The molecular formula is C29H30O6PS-.